The summed E-state index contributed by atoms with van der Waals surface area (Å²) in [7, 11) is 1.45. The van der Waals surface area contributed by atoms with Crippen LogP contribution in [0.4, 0.5) is 0 Å². The molecule has 1 aromatic rings. The maximum Gasteiger partial charge on any atom is 0.326 e. The minimum Gasteiger partial charge on any atom is -0.481 e. The first-order chi connectivity index (χ1) is 6.57. The Balaban J connectivity index is 3.15. The third kappa shape index (κ3) is 1.80. The highest BCUT2D eigenvalue weighted by molar-refractivity contribution is 5.75. The molecular formula is C8H11N3O3. The highest BCUT2D eigenvalue weighted by Crippen LogP contribution is 2.19. The molecular weight excluding hydrogens is 186 g/mol. The summed E-state index contributed by atoms with van der Waals surface area (Å²) in [5.74, 6) is -0.791. The molecule has 1 atom stereocenters. The van der Waals surface area contributed by atoms with Crippen LogP contribution < -0.4 is 10.5 Å². The minimum atomic E-state index is -1.15. The smallest absolute Gasteiger partial charge is 0.326 e. The lowest BCUT2D eigenvalue weighted by Gasteiger charge is -2.10. The molecule has 0 radical (unpaired) electrons. The van der Waals surface area contributed by atoms with E-state index in [1.807, 2.05) is 0 Å². The van der Waals surface area contributed by atoms with Gasteiger partial charge in [0, 0.05) is 5.56 Å². The van der Waals surface area contributed by atoms with Gasteiger partial charge in [-0.15, -0.1) is 0 Å². The molecule has 0 saturated carbocycles. The molecule has 76 valence electrons. The third-order valence-corrected chi connectivity index (χ3v) is 1.83. The van der Waals surface area contributed by atoms with Crippen molar-refractivity contribution in [2.24, 2.45) is 5.73 Å². The van der Waals surface area contributed by atoms with E-state index in [2.05, 4.69) is 9.97 Å². The normalized spacial score (nSPS) is 12.2. The Bertz CT molecular complexity index is 354. The summed E-state index contributed by atoms with van der Waals surface area (Å²) in [5, 5.41) is 8.70. The molecule has 6 nitrogen and oxygen atoms in total. The Morgan fingerprint density at radius 2 is 2.29 bits per heavy atom. The molecule has 0 aliphatic carbocycles. The van der Waals surface area contributed by atoms with Crippen LogP contribution in [-0.2, 0) is 4.79 Å². The maximum absolute atomic E-state index is 10.6. The molecule has 0 fully saturated rings. The van der Waals surface area contributed by atoms with Gasteiger partial charge in [-0.1, -0.05) is 0 Å². The van der Waals surface area contributed by atoms with E-state index in [9.17, 15) is 4.79 Å². The van der Waals surface area contributed by atoms with Crippen molar-refractivity contribution in [2.75, 3.05) is 7.11 Å². The number of hydrogen-bond acceptors (Lipinski definition) is 5. The Morgan fingerprint density at radius 3 is 2.79 bits per heavy atom. The fraction of sp³-hybridized carbons (Fsp3) is 0.375. The van der Waals surface area contributed by atoms with Crippen molar-refractivity contribution in [3.8, 4) is 5.88 Å². The number of nitrogens with two attached hydrogens (primary N) is 1. The molecule has 0 amide bonds. The second-order valence-corrected chi connectivity index (χ2v) is 2.71. The molecule has 0 aliphatic rings. The number of methoxy groups -OCH3 is 1. The van der Waals surface area contributed by atoms with Crippen molar-refractivity contribution in [2.45, 2.75) is 13.0 Å². The number of aromatic nitrogens is 2. The third-order valence-electron chi connectivity index (χ3n) is 1.83. The van der Waals surface area contributed by atoms with Gasteiger partial charge in [-0.25, -0.2) is 9.97 Å². The summed E-state index contributed by atoms with van der Waals surface area (Å²) in [4.78, 5) is 18.3. The van der Waals surface area contributed by atoms with E-state index < -0.39 is 12.0 Å². The molecule has 1 rings (SSSR count). The lowest BCUT2D eigenvalue weighted by molar-refractivity contribution is -0.138. The summed E-state index contributed by atoms with van der Waals surface area (Å²) in [6.07, 6.45) is 1.23. The van der Waals surface area contributed by atoms with Crippen LogP contribution in [0.15, 0.2) is 6.33 Å². The van der Waals surface area contributed by atoms with Crippen molar-refractivity contribution in [1.82, 2.24) is 9.97 Å². The Hall–Kier alpha value is -1.69. The number of carboxylic acid groups (broad SMARTS) is 1. The van der Waals surface area contributed by atoms with Crippen LogP contribution in [0.3, 0.4) is 0 Å². The summed E-state index contributed by atoms with van der Waals surface area (Å²) in [6.45, 7) is 1.66. The van der Waals surface area contributed by atoms with Gasteiger partial charge >= 0.3 is 5.97 Å². The molecule has 1 heterocycles. The molecule has 14 heavy (non-hydrogen) atoms. The summed E-state index contributed by atoms with van der Waals surface area (Å²) in [6, 6.07) is -1.15. The summed E-state index contributed by atoms with van der Waals surface area (Å²) >= 11 is 0. The van der Waals surface area contributed by atoms with Crippen LogP contribution in [-0.4, -0.2) is 28.2 Å². The van der Waals surface area contributed by atoms with Crippen LogP contribution >= 0.6 is 0 Å². The number of rotatable bonds is 3. The van der Waals surface area contributed by atoms with Gasteiger partial charge in [0.25, 0.3) is 0 Å². The highest BCUT2D eigenvalue weighted by atomic mass is 16.5. The maximum atomic E-state index is 10.6. The van der Waals surface area contributed by atoms with Crippen LogP contribution in [0.5, 0.6) is 5.88 Å². The Morgan fingerprint density at radius 1 is 1.64 bits per heavy atom. The van der Waals surface area contributed by atoms with Crippen LogP contribution in [0.25, 0.3) is 0 Å². The lowest BCUT2D eigenvalue weighted by Crippen LogP contribution is -2.23. The zero-order valence-electron chi connectivity index (χ0n) is 7.89. The summed E-state index contributed by atoms with van der Waals surface area (Å²) in [5.41, 5.74) is 6.23. The van der Waals surface area contributed by atoms with E-state index in [-0.39, 0.29) is 5.69 Å². The minimum absolute atomic E-state index is 0.268. The van der Waals surface area contributed by atoms with Crippen molar-refractivity contribution >= 4 is 5.97 Å². The quantitative estimate of drug-likeness (QED) is 0.700. The Labute approximate surface area is 80.7 Å². The number of carbonyl (C=O) groups is 1. The number of hydrogen-bond donors (Lipinski definition) is 2. The lowest BCUT2D eigenvalue weighted by atomic mass is 10.1. The van der Waals surface area contributed by atoms with Crippen molar-refractivity contribution in [3.63, 3.8) is 0 Å². The number of aliphatic carboxylic acids is 1. The van der Waals surface area contributed by atoms with Gasteiger partial charge in [-0.05, 0) is 6.92 Å². The zero-order chi connectivity index (χ0) is 10.7. The SMILES string of the molecule is COc1ncnc(C(N)C(=O)O)c1C. The van der Waals surface area contributed by atoms with E-state index in [0.717, 1.165) is 0 Å². The first-order valence-electron chi connectivity index (χ1n) is 3.91. The molecule has 3 N–H and O–H groups in total. The average Bonchev–Trinajstić information content (AvgIpc) is 2.17. The zero-order valence-corrected chi connectivity index (χ0v) is 7.89. The highest BCUT2D eigenvalue weighted by Gasteiger charge is 2.20. The standard InChI is InChI=1S/C8H11N3O3/c1-4-6(5(9)8(12)13)10-3-11-7(4)14-2/h3,5H,9H2,1-2H3,(H,12,13). The first kappa shape index (κ1) is 10.4. The number of ether oxygens (including phenoxy) is 1. The average molecular weight is 197 g/mol. The summed E-state index contributed by atoms with van der Waals surface area (Å²) < 4.78 is 4.92. The molecule has 1 aromatic heterocycles. The fourth-order valence-electron chi connectivity index (χ4n) is 1.08. The van der Waals surface area contributed by atoms with Gasteiger partial charge in [0.05, 0.1) is 12.8 Å². The van der Waals surface area contributed by atoms with Gasteiger partial charge in [-0.3, -0.25) is 4.79 Å². The van der Waals surface area contributed by atoms with Gasteiger partial charge < -0.3 is 15.6 Å². The molecule has 0 spiro atoms. The van der Waals surface area contributed by atoms with Crippen LogP contribution in [0, 0.1) is 6.92 Å². The number of nitrogens with zero attached hydrogens (tertiary/aromatic N) is 2. The van der Waals surface area contributed by atoms with Crippen molar-refractivity contribution in [1.29, 1.82) is 0 Å². The van der Waals surface area contributed by atoms with Gasteiger partial charge in [0.15, 0.2) is 0 Å². The van der Waals surface area contributed by atoms with E-state index >= 15 is 0 Å². The molecule has 0 aliphatic heterocycles. The topological polar surface area (TPSA) is 98.3 Å². The second-order valence-electron chi connectivity index (χ2n) is 2.71. The molecule has 0 saturated heterocycles. The predicted molar refractivity (Wildman–Crippen MR) is 47.9 cm³/mol. The van der Waals surface area contributed by atoms with Crippen LogP contribution in [0.1, 0.15) is 17.3 Å². The predicted octanol–water partition coefficient (Wildman–Crippen LogP) is -0.122. The van der Waals surface area contributed by atoms with Gasteiger partial charge in [0.1, 0.15) is 12.4 Å². The van der Waals surface area contributed by atoms with Gasteiger partial charge in [-0.2, -0.15) is 0 Å². The Kier molecular flexibility index (Phi) is 2.98. The van der Waals surface area contributed by atoms with Crippen molar-refractivity contribution in [3.05, 3.63) is 17.6 Å². The van der Waals surface area contributed by atoms with Crippen molar-refractivity contribution < 1.29 is 14.6 Å². The molecule has 0 bridgehead atoms. The monoisotopic (exact) mass is 197 g/mol. The molecule has 6 heteroatoms. The molecule has 1 unspecified atom stereocenters. The van der Waals surface area contributed by atoms with Gasteiger partial charge in [0.2, 0.25) is 5.88 Å². The van der Waals surface area contributed by atoms with E-state index in [1.54, 1.807) is 6.92 Å². The van der Waals surface area contributed by atoms with Crippen LogP contribution in [0.2, 0.25) is 0 Å². The second kappa shape index (κ2) is 4.01. The van der Waals surface area contributed by atoms with E-state index in [1.165, 1.54) is 13.4 Å². The largest absolute Gasteiger partial charge is 0.481 e. The molecule has 0 aromatic carbocycles. The first-order valence-corrected chi connectivity index (χ1v) is 3.91. The van der Waals surface area contributed by atoms with E-state index in [4.69, 9.17) is 15.6 Å². The van der Waals surface area contributed by atoms with E-state index in [0.29, 0.717) is 11.4 Å². The fourth-order valence-corrected chi connectivity index (χ4v) is 1.08. The number of carboxylic acids is 1.